The Kier molecular flexibility index (Phi) is 3.24. The number of halogens is 1. The molecule has 2 rings (SSSR count). The molecule has 0 saturated carbocycles. The van der Waals surface area contributed by atoms with Gasteiger partial charge in [-0.1, -0.05) is 0 Å². The van der Waals surface area contributed by atoms with Crippen LogP contribution in [0.15, 0.2) is 12.1 Å². The van der Waals surface area contributed by atoms with Gasteiger partial charge in [-0.15, -0.1) is 0 Å². The van der Waals surface area contributed by atoms with Gasteiger partial charge in [0.15, 0.2) is 11.6 Å². The van der Waals surface area contributed by atoms with Crippen molar-refractivity contribution in [2.45, 2.75) is 25.3 Å². The maximum Gasteiger partial charge on any atom is 0.168 e. The van der Waals surface area contributed by atoms with Gasteiger partial charge in [-0.05, 0) is 32.4 Å². The van der Waals surface area contributed by atoms with Crippen LogP contribution in [0.25, 0.3) is 0 Å². The van der Waals surface area contributed by atoms with Gasteiger partial charge in [-0.25, -0.2) is 4.39 Å². The maximum atomic E-state index is 13.6. The molecular formula is C13H18FNO2. The lowest BCUT2D eigenvalue weighted by atomic mass is 9.89. The average Bonchev–Trinajstić information content (AvgIpc) is 2.76. The van der Waals surface area contributed by atoms with E-state index in [9.17, 15) is 4.39 Å². The Morgan fingerprint density at radius 2 is 1.94 bits per heavy atom. The molecule has 0 bridgehead atoms. The molecule has 1 N–H and O–H groups in total. The molecule has 1 saturated heterocycles. The molecule has 1 atom stereocenters. The van der Waals surface area contributed by atoms with E-state index in [2.05, 4.69) is 12.2 Å². The van der Waals surface area contributed by atoms with Gasteiger partial charge in [0.05, 0.1) is 14.2 Å². The van der Waals surface area contributed by atoms with E-state index in [1.165, 1.54) is 13.2 Å². The van der Waals surface area contributed by atoms with Gasteiger partial charge in [0.2, 0.25) is 0 Å². The van der Waals surface area contributed by atoms with Gasteiger partial charge in [0.25, 0.3) is 0 Å². The van der Waals surface area contributed by atoms with Crippen LogP contribution >= 0.6 is 0 Å². The minimum Gasteiger partial charge on any atom is -0.496 e. The Morgan fingerprint density at radius 3 is 2.47 bits per heavy atom. The van der Waals surface area contributed by atoms with Crippen molar-refractivity contribution in [2.24, 2.45) is 0 Å². The van der Waals surface area contributed by atoms with Crippen LogP contribution in [0.4, 0.5) is 4.39 Å². The SMILES string of the molecule is COc1cc(C2(C)CCCN2)c(OC)cc1F. The molecule has 0 radical (unpaired) electrons. The van der Waals surface area contributed by atoms with Crippen molar-refractivity contribution in [1.29, 1.82) is 0 Å². The average molecular weight is 239 g/mol. The number of nitrogens with one attached hydrogen (secondary N) is 1. The molecule has 0 aromatic heterocycles. The lowest BCUT2D eigenvalue weighted by molar-refractivity contribution is 0.352. The second kappa shape index (κ2) is 4.53. The van der Waals surface area contributed by atoms with Crippen LogP contribution in [0.5, 0.6) is 11.5 Å². The first-order valence-electron chi connectivity index (χ1n) is 5.78. The molecule has 1 fully saturated rings. The smallest absolute Gasteiger partial charge is 0.168 e. The standard InChI is InChI=1S/C13H18FNO2/c1-13(5-4-6-15-13)9-7-12(17-3)10(14)8-11(9)16-2/h7-8,15H,4-6H2,1-3H3. The Balaban J connectivity index is 2.50. The highest BCUT2D eigenvalue weighted by Gasteiger charge is 2.33. The number of benzene rings is 1. The zero-order chi connectivity index (χ0) is 12.5. The summed E-state index contributed by atoms with van der Waals surface area (Å²) in [6, 6.07) is 3.12. The highest BCUT2D eigenvalue weighted by molar-refractivity contribution is 5.45. The molecule has 0 amide bonds. The van der Waals surface area contributed by atoms with E-state index in [1.54, 1.807) is 13.2 Å². The van der Waals surface area contributed by atoms with Crippen molar-refractivity contribution in [3.8, 4) is 11.5 Å². The molecule has 0 aliphatic carbocycles. The Labute approximate surface area is 101 Å². The number of rotatable bonds is 3. The summed E-state index contributed by atoms with van der Waals surface area (Å²) >= 11 is 0. The summed E-state index contributed by atoms with van der Waals surface area (Å²) in [4.78, 5) is 0. The summed E-state index contributed by atoms with van der Waals surface area (Å²) in [7, 11) is 3.03. The number of ether oxygens (including phenoxy) is 2. The number of hydrogen-bond donors (Lipinski definition) is 1. The summed E-state index contributed by atoms with van der Waals surface area (Å²) in [6.45, 7) is 3.08. The minimum atomic E-state index is -0.394. The molecule has 4 heteroatoms. The Hall–Kier alpha value is -1.29. The predicted molar refractivity (Wildman–Crippen MR) is 64.1 cm³/mol. The fourth-order valence-corrected chi connectivity index (χ4v) is 2.42. The van der Waals surface area contributed by atoms with Crippen LogP contribution in [0, 0.1) is 5.82 Å². The van der Waals surface area contributed by atoms with Crippen LogP contribution in [0.2, 0.25) is 0 Å². The summed E-state index contributed by atoms with van der Waals surface area (Å²) in [5.41, 5.74) is 0.794. The van der Waals surface area contributed by atoms with Gasteiger partial charge in [0, 0.05) is 17.2 Å². The Bertz CT molecular complexity index is 414. The fraction of sp³-hybridized carbons (Fsp3) is 0.538. The van der Waals surface area contributed by atoms with E-state index in [0.29, 0.717) is 5.75 Å². The second-order valence-corrected chi connectivity index (χ2v) is 4.55. The Morgan fingerprint density at radius 1 is 1.24 bits per heavy atom. The van der Waals surface area contributed by atoms with Crippen molar-refractivity contribution in [3.63, 3.8) is 0 Å². The molecule has 94 valence electrons. The third kappa shape index (κ3) is 2.09. The van der Waals surface area contributed by atoms with Gasteiger partial charge in [0.1, 0.15) is 5.75 Å². The summed E-state index contributed by atoms with van der Waals surface area (Å²) in [5, 5.41) is 3.44. The maximum absolute atomic E-state index is 13.6. The van der Waals surface area contributed by atoms with E-state index in [1.807, 2.05) is 0 Å². The van der Waals surface area contributed by atoms with Gasteiger partial charge in [-0.2, -0.15) is 0 Å². The molecule has 1 heterocycles. The van der Waals surface area contributed by atoms with Crippen molar-refractivity contribution >= 4 is 0 Å². The highest BCUT2D eigenvalue weighted by atomic mass is 19.1. The predicted octanol–water partition coefficient (Wildman–Crippen LogP) is 2.44. The quantitative estimate of drug-likeness (QED) is 0.878. The molecule has 17 heavy (non-hydrogen) atoms. The monoisotopic (exact) mass is 239 g/mol. The van der Waals surface area contributed by atoms with Crippen molar-refractivity contribution in [2.75, 3.05) is 20.8 Å². The first-order valence-corrected chi connectivity index (χ1v) is 5.78. The molecular weight excluding hydrogens is 221 g/mol. The molecule has 1 aliphatic rings. The zero-order valence-corrected chi connectivity index (χ0v) is 10.5. The van der Waals surface area contributed by atoms with E-state index in [0.717, 1.165) is 24.9 Å². The van der Waals surface area contributed by atoms with Gasteiger partial charge >= 0.3 is 0 Å². The third-order valence-electron chi connectivity index (χ3n) is 3.44. The molecule has 1 unspecified atom stereocenters. The van der Waals surface area contributed by atoms with Crippen molar-refractivity contribution < 1.29 is 13.9 Å². The summed E-state index contributed by atoms with van der Waals surface area (Å²) in [5.74, 6) is 0.436. The minimum absolute atomic E-state index is 0.160. The van der Waals surface area contributed by atoms with Gasteiger partial charge < -0.3 is 14.8 Å². The van der Waals surface area contributed by atoms with E-state index < -0.39 is 5.82 Å². The molecule has 1 aliphatic heterocycles. The van der Waals surface area contributed by atoms with Crippen LogP contribution in [-0.2, 0) is 5.54 Å². The number of hydrogen-bond acceptors (Lipinski definition) is 3. The molecule has 1 aromatic rings. The van der Waals surface area contributed by atoms with E-state index in [-0.39, 0.29) is 11.3 Å². The second-order valence-electron chi connectivity index (χ2n) is 4.55. The topological polar surface area (TPSA) is 30.5 Å². The lowest BCUT2D eigenvalue weighted by Gasteiger charge is -2.27. The zero-order valence-electron chi connectivity index (χ0n) is 10.5. The van der Waals surface area contributed by atoms with Crippen LogP contribution in [-0.4, -0.2) is 20.8 Å². The van der Waals surface area contributed by atoms with E-state index in [4.69, 9.17) is 9.47 Å². The van der Waals surface area contributed by atoms with Crippen LogP contribution in [0.1, 0.15) is 25.3 Å². The fourth-order valence-electron chi connectivity index (χ4n) is 2.42. The third-order valence-corrected chi connectivity index (χ3v) is 3.44. The highest BCUT2D eigenvalue weighted by Crippen LogP contribution is 2.39. The lowest BCUT2D eigenvalue weighted by Crippen LogP contribution is -2.33. The molecule has 3 nitrogen and oxygen atoms in total. The van der Waals surface area contributed by atoms with Gasteiger partial charge in [-0.3, -0.25) is 0 Å². The van der Waals surface area contributed by atoms with Crippen molar-refractivity contribution in [1.82, 2.24) is 5.32 Å². The van der Waals surface area contributed by atoms with Crippen LogP contribution < -0.4 is 14.8 Å². The largest absolute Gasteiger partial charge is 0.496 e. The summed E-state index contributed by atoms with van der Waals surface area (Å²) in [6.07, 6.45) is 2.12. The molecule has 1 aromatic carbocycles. The summed E-state index contributed by atoms with van der Waals surface area (Å²) < 4.78 is 23.9. The first-order chi connectivity index (χ1) is 8.10. The first kappa shape index (κ1) is 12.2. The van der Waals surface area contributed by atoms with Crippen molar-refractivity contribution in [3.05, 3.63) is 23.5 Å². The van der Waals surface area contributed by atoms with Crippen LogP contribution in [0.3, 0.4) is 0 Å². The molecule has 0 spiro atoms. The normalized spacial score (nSPS) is 23.8. The van der Waals surface area contributed by atoms with E-state index >= 15 is 0 Å². The number of methoxy groups -OCH3 is 2.